The number of fused-ring (bicyclic) bond motifs is 7. The predicted molar refractivity (Wildman–Crippen MR) is 535 cm³/mol. The second-order valence-corrected chi connectivity index (χ2v) is 42.7. The lowest BCUT2D eigenvalue weighted by atomic mass is 9.47. The Morgan fingerprint density at radius 1 is 0.391 bits per heavy atom. The van der Waals surface area contributed by atoms with Gasteiger partial charge in [0.15, 0.2) is 0 Å². The number of rotatable bonds is 17. The third kappa shape index (κ3) is 22.9. The van der Waals surface area contributed by atoms with Crippen LogP contribution >= 0.6 is 81.2 Å². The third-order valence-corrected chi connectivity index (χ3v) is 32.1. The fraction of sp³-hybridized carbons (Fsp3) is 0.486. The normalized spacial score (nSPS) is 21.7. The minimum absolute atomic E-state index is 0.0546. The van der Waals surface area contributed by atoms with E-state index in [9.17, 15) is 35.7 Å². The summed E-state index contributed by atoms with van der Waals surface area (Å²) >= 11 is 42.9. The van der Waals surface area contributed by atoms with E-state index >= 15 is 0 Å². The van der Waals surface area contributed by atoms with Gasteiger partial charge in [-0.25, -0.2) is 0 Å². The van der Waals surface area contributed by atoms with Crippen molar-refractivity contribution >= 4 is 153 Å². The summed E-state index contributed by atoms with van der Waals surface area (Å²) in [5.41, 5.74) is 14.5. The standard InChI is InChI=1S/C18H21ClN2O.C16H21ClN2O.2C15H19ClN2O.C14H11ClN2O.C14H17ClN2O.C13H15ClN2O/c19-14-4-13-9-20-21-16(13)15(5-14)17(22)18-6-10-1-11(7-18)3-12(2-10)8-18;17-13-8-12-10-18-19-16(12)14(9-13)15(20)7-6-11-4-2-1-3-5-11;1-15(5-3-2-4-6-15)14(19)12-8-11(16)7-10-9-17-18-13(10)12;16-12-7-11-9-17-18-15(11)13(8-12)14(19)6-10-4-2-1-3-5-10;15-11-4-10-7-17-8-13(10)12(5-11)14(18)9-2-1-3-16-6-9;15-12-7-6-10(13-11(12)8-16-17-13)14(18)9-4-2-1-3-5-9;14-10-5-9-7-15-16-12(9)11(6-10)13(17)8-3-1-2-4-8/h4-5,9-12,17,22H,1-3,6-8H2,(H,20,21);8-11,15,20H,1-7H2,(H,18,19);7-9,14,19H,2-6H2,1H3,(H,17,18);7-10,14,19H,1-6H2,(H,17,18);1-7,14,18H,8H2;6-9,14,18H,1-5H2,(H,16,17);5-8,13,17H,1-4H2,(H,15,16). The molecule has 0 spiro atoms. The van der Waals surface area contributed by atoms with E-state index in [1.807, 2.05) is 84.9 Å². The molecule has 8 heterocycles. The number of hydrogen-bond acceptors (Lipinski definition) is 15. The summed E-state index contributed by atoms with van der Waals surface area (Å²) in [5.74, 6) is 4.65. The van der Waals surface area contributed by atoms with E-state index in [1.165, 1.54) is 154 Å². The van der Waals surface area contributed by atoms with Crippen LogP contribution in [0.5, 0.6) is 0 Å². The first-order valence-corrected chi connectivity index (χ1v) is 50.9. The van der Waals surface area contributed by atoms with Crippen molar-refractivity contribution in [2.45, 2.75) is 268 Å². The minimum atomic E-state index is -0.715. The van der Waals surface area contributed by atoms with Crippen LogP contribution in [0.3, 0.4) is 0 Å². The second-order valence-electron chi connectivity index (χ2n) is 39.6. The van der Waals surface area contributed by atoms with Crippen molar-refractivity contribution in [3.05, 3.63) is 237 Å². The van der Waals surface area contributed by atoms with E-state index in [2.05, 4.69) is 78.1 Å². The number of nitrogens with one attached hydrogen (secondary N) is 6. The SMILES string of the molecule is CC1(C(O)c2cc(Cl)cc3cn[nH]c23)CCCCC1.OC(CC1CCCCC1)c1cc(Cl)cc2cn[nH]c12.OC(CCC1CCCCC1)c1cc(Cl)cc2cn[nH]c12.OC(c1cc(Cl)cc2cn[nH]c12)C12CC3CC(CC(C3)C1)C2.OC(c1cc(Cl)cc2cn[nH]c12)C1CCCC1.OC(c1ccc(Cl)c2cn[nH]c12)C1CCCCC1.OC(c1cccnc1)c1cc(Cl)cc2c1CN=C2. The number of aliphatic imine (C=N–C) groups is 1. The summed E-state index contributed by atoms with van der Waals surface area (Å²) in [6.07, 6.45) is 52.2. The molecule has 7 aromatic carbocycles. The van der Waals surface area contributed by atoms with Crippen LogP contribution in [-0.2, 0) is 6.54 Å². The van der Waals surface area contributed by atoms with Gasteiger partial charge in [0.25, 0.3) is 0 Å². The molecule has 14 aromatic rings. The average molecular weight is 1940 g/mol. The van der Waals surface area contributed by atoms with Crippen LogP contribution in [0.15, 0.2) is 152 Å². The molecular weight excluding hydrogens is 1820 g/mol. The highest BCUT2D eigenvalue weighted by atomic mass is 35.5. The maximum atomic E-state index is 11.3. The topological polar surface area (TPSA) is 339 Å². The quantitative estimate of drug-likeness (QED) is 0.0403. The first-order valence-electron chi connectivity index (χ1n) is 48.2. The van der Waals surface area contributed by atoms with Gasteiger partial charge >= 0.3 is 0 Å². The molecule has 1 aliphatic heterocycles. The largest absolute Gasteiger partial charge is 0.388 e. The zero-order valence-corrected chi connectivity index (χ0v) is 80.7. The Morgan fingerprint density at radius 3 is 1.30 bits per heavy atom. The molecule has 9 saturated carbocycles. The zero-order valence-electron chi connectivity index (χ0n) is 75.4. The smallest absolute Gasteiger partial charge is 0.106 e. The molecule has 7 aromatic heterocycles. The molecule has 10 aliphatic rings. The maximum absolute atomic E-state index is 11.3. The Kier molecular flexibility index (Phi) is 32.1. The summed E-state index contributed by atoms with van der Waals surface area (Å²) in [6.45, 7) is 2.78. The summed E-state index contributed by atoms with van der Waals surface area (Å²) in [4.78, 5) is 8.24. The monoisotopic (exact) mass is 1940 g/mol. The number of aromatic nitrogens is 13. The van der Waals surface area contributed by atoms with Crippen molar-refractivity contribution in [3.63, 3.8) is 0 Å². The molecule has 9 fully saturated rings. The lowest BCUT2D eigenvalue weighted by molar-refractivity contribution is -0.121. The van der Waals surface area contributed by atoms with E-state index < -0.39 is 42.7 Å². The van der Waals surface area contributed by atoms with Gasteiger partial charge in [0, 0.05) is 125 Å². The number of H-pyrrole nitrogens is 6. The van der Waals surface area contributed by atoms with Crippen LogP contribution in [0.25, 0.3) is 65.4 Å². The molecular formula is C105H123Cl7N14O7. The highest BCUT2D eigenvalue weighted by Gasteiger charge is 2.55. The van der Waals surface area contributed by atoms with Crippen molar-refractivity contribution in [1.29, 1.82) is 0 Å². The number of aliphatic hydroxyl groups excluding tert-OH is 7. The van der Waals surface area contributed by atoms with Gasteiger partial charge < -0.3 is 35.7 Å². The highest BCUT2D eigenvalue weighted by Crippen LogP contribution is 2.65. The Bertz CT molecular complexity index is 6210. The number of aromatic amines is 6. The number of halogens is 7. The summed E-state index contributed by atoms with van der Waals surface area (Å²) in [5, 5.41) is 127. The van der Waals surface area contributed by atoms with E-state index in [0.29, 0.717) is 59.5 Å². The van der Waals surface area contributed by atoms with Gasteiger partial charge in [-0.2, -0.15) is 30.6 Å². The van der Waals surface area contributed by atoms with E-state index in [-0.39, 0.29) is 10.8 Å². The van der Waals surface area contributed by atoms with E-state index in [0.717, 1.165) is 203 Å². The van der Waals surface area contributed by atoms with Crippen molar-refractivity contribution < 1.29 is 35.7 Å². The van der Waals surface area contributed by atoms with Crippen LogP contribution in [0.4, 0.5) is 0 Å². The van der Waals surface area contributed by atoms with Crippen LogP contribution in [0.2, 0.25) is 35.2 Å². The van der Waals surface area contributed by atoms with Crippen LogP contribution in [0, 0.1) is 52.3 Å². The average Bonchev–Trinajstić information content (AvgIpc) is 1.66. The molecule has 0 amide bonds. The molecule has 7 atom stereocenters. The van der Waals surface area contributed by atoms with Gasteiger partial charge in [0.05, 0.1) is 118 Å². The molecule has 133 heavy (non-hydrogen) atoms. The first kappa shape index (κ1) is 96.6. The molecule has 7 unspecified atom stereocenters. The van der Waals surface area contributed by atoms with Gasteiger partial charge in [-0.3, -0.25) is 40.6 Å². The molecule has 4 bridgehead atoms. The number of aliphatic hydroxyl groups is 7. The van der Waals surface area contributed by atoms with Crippen molar-refractivity contribution in [2.24, 2.45) is 57.2 Å². The molecule has 0 saturated heterocycles. The predicted octanol–water partition coefficient (Wildman–Crippen LogP) is 27.5. The zero-order chi connectivity index (χ0) is 92.4. The molecule has 21 nitrogen and oxygen atoms in total. The number of nitrogens with zero attached hydrogens (tertiary/aromatic N) is 8. The van der Waals surface area contributed by atoms with Gasteiger partial charge in [0.1, 0.15) is 6.10 Å². The molecule has 704 valence electrons. The molecule has 0 radical (unpaired) electrons. The Hall–Kier alpha value is -8.07. The third-order valence-electron chi connectivity index (χ3n) is 30.4. The fourth-order valence-electron chi connectivity index (χ4n) is 23.8. The Balaban J connectivity index is 0.000000108. The highest BCUT2D eigenvalue weighted by molar-refractivity contribution is 6.35. The van der Waals surface area contributed by atoms with Crippen molar-refractivity contribution in [3.8, 4) is 0 Å². The molecule has 24 rings (SSSR count). The Labute approximate surface area is 811 Å². The molecule has 9 aliphatic carbocycles. The Morgan fingerprint density at radius 2 is 0.797 bits per heavy atom. The molecule has 28 heteroatoms. The van der Waals surface area contributed by atoms with Gasteiger partial charge in [-0.05, 0) is 245 Å². The minimum Gasteiger partial charge on any atom is -0.388 e. The summed E-state index contributed by atoms with van der Waals surface area (Å²) in [6, 6.07) is 29.9. The van der Waals surface area contributed by atoms with Gasteiger partial charge in [0.2, 0.25) is 0 Å². The fourth-order valence-corrected chi connectivity index (χ4v) is 25.5. The lowest BCUT2D eigenvalue weighted by Crippen LogP contribution is -2.48. The number of hydrogen-bond donors (Lipinski definition) is 13. The van der Waals surface area contributed by atoms with E-state index in [1.54, 1.807) is 67.9 Å². The number of pyridine rings is 1. The summed E-state index contributed by atoms with van der Waals surface area (Å²) in [7, 11) is 0. The van der Waals surface area contributed by atoms with E-state index in [4.69, 9.17) is 81.2 Å². The first-order chi connectivity index (χ1) is 64.5. The second kappa shape index (κ2) is 44.2. The number of benzene rings is 7. The summed E-state index contributed by atoms with van der Waals surface area (Å²) < 4.78 is 0. The van der Waals surface area contributed by atoms with Gasteiger partial charge in [-0.15, -0.1) is 0 Å². The van der Waals surface area contributed by atoms with Crippen molar-refractivity contribution in [2.75, 3.05) is 0 Å². The van der Waals surface area contributed by atoms with Crippen molar-refractivity contribution in [1.82, 2.24) is 66.2 Å². The molecule has 13 N–H and O–H groups in total. The van der Waals surface area contributed by atoms with Crippen LogP contribution in [0.1, 0.15) is 317 Å². The van der Waals surface area contributed by atoms with Gasteiger partial charge in [-0.1, -0.05) is 216 Å². The van der Waals surface area contributed by atoms with Crippen LogP contribution < -0.4 is 0 Å². The van der Waals surface area contributed by atoms with Crippen LogP contribution in [-0.4, -0.2) is 108 Å². The maximum Gasteiger partial charge on any atom is 0.106 e. The lowest BCUT2D eigenvalue weighted by Gasteiger charge is -2.58.